The Bertz CT molecular complexity index is 1290. The maximum atomic E-state index is 10.1. The second kappa shape index (κ2) is 206. The largest absolute Gasteiger partial charge is 0.483 e. The van der Waals surface area contributed by atoms with Crippen LogP contribution < -0.4 is 16.0 Å². The SMILES string of the molecule is C1=NCCCO1.C1=NOCCC1.CC.CC.CC.CC.CC.CC.CC.CC.CC.CC.CC.CC.CC.CC.CC.CC.CC.CC.O=C1CCC(=O)N1.O=C1CNC(=O)N1.c1ccncc1.c1ccnnc1.c1cnccn1.c1cncnc1.c1ncncn1. The lowest BCUT2D eigenvalue weighted by Crippen LogP contribution is -2.22. The number of imide groups is 2. The first-order chi connectivity index (χ1) is 45.6. The summed E-state index contributed by atoms with van der Waals surface area (Å²) < 4.78 is 4.78. The van der Waals surface area contributed by atoms with Crippen molar-refractivity contribution >= 4 is 36.4 Å². The molecule has 0 radical (unpaired) electrons. The minimum Gasteiger partial charge on any atom is -0.483 e. The van der Waals surface area contributed by atoms with Crippen molar-refractivity contribution in [3.8, 4) is 0 Å². The monoisotopic (exact) mass is 1310 g/mol. The van der Waals surface area contributed by atoms with Crippen LogP contribution in [0.25, 0.3) is 0 Å². The highest BCUT2D eigenvalue weighted by Crippen LogP contribution is 1.96. The molecule has 5 aromatic heterocycles. The van der Waals surface area contributed by atoms with Gasteiger partial charge in [-0.25, -0.2) is 29.7 Å². The van der Waals surface area contributed by atoms with Gasteiger partial charge < -0.3 is 14.9 Å². The molecule has 0 bridgehead atoms. The summed E-state index contributed by atoms with van der Waals surface area (Å²) in [6.45, 7) is 74.7. The molecule has 0 spiro atoms. The van der Waals surface area contributed by atoms with Crippen molar-refractivity contribution in [2.45, 2.75) is 281 Å². The minimum atomic E-state index is -0.398. The Morgan fingerprint density at radius 2 is 0.674 bits per heavy atom. The average Bonchev–Trinajstić information content (AvgIpc) is 4.52. The van der Waals surface area contributed by atoms with Gasteiger partial charge >= 0.3 is 6.03 Å². The van der Waals surface area contributed by atoms with Crippen LogP contribution in [0, 0.1) is 0 Å². The van der Waals surface area contributed by atoms with Gasteiger partial charge in [0.25, 0.3) is 0 Å². The van der Waals surface area contributed by atoms with E-state index in [-0.39, 0.29) is 24.3 Å². The van der Waals surface area contributed by atoms with Crippen molar-refractivity contribution in [2.24, 2.45) is 10.1 Å². The van der Waals surface area contributed by atoms with Crippen LogP contribution in [0.5, 0.6) is 0 Å². The summed E-state index contributed by atoms with van der Waals surface area (Å²) in [6, 6.07) is 10.7. The number of oxime groups is 1. The molecule has 5 amide bonds. The van der Waals surface area contributed by atoms with Gasteiger partial charge in [0.2, 0.25) is 17.7 Å². The Hall–Kier alpha value is -7.58. The van der Waals surface area contributed by atoms with Gasteiger partial charge in [-0.1, -0.05) is 260 Å². The zero-order chi connectivity index (χ0) is 76.3. The number of nitrogens with one attached hydrogen (secondary N) is 3. The van der Waals surface area contributed by atoms with Crippen molar-refractivity contribution in [1.29, 1.82) is 0 Å². The smallest absolute Gasteiger partial charge is 0.321 e. The van der Waals surface area contributed by atoms with E-state index in [9.17, 15) is 19.2 Å². The maximum absolute atomic E-state index is 10.1. The fourth-order valence-corrected chi connectivity index (χ4v) is 2.96. The van der Waals surface area contributed by atoms with Crippen LogP contribution >= 0.6 is 0 Å². The highest BCUT2D eigenvalue weighted by Gasteiger charge is 2.16. The molecule has 0 saturated carbocycles. The zero-order valence-corrected chi connectivity index (χ0v) is 66.4. The summed E-state index contributed by atoms with van der Waals surface area (Å²) >= 11 is 0. The number of ether oxygens (including phenoxy) is 1. The van der Waals surface area contributed by atoms with Crippen molar-refractivity contribution in [3.05, 3.63) is 124 Å². The van der Waals surface area contributed by atoms with E-state index in [0.717, 1.165) is 39.0 Å². The molecule has 0 aromatic carbocycles. The molecule has 21 heteroatoms. The van der Waals surface area contributed by atoms with Crippen LogP contribution in [0.15, 0.2) is 134 Å². The molecule has 9 heterocycles. The van der Waals surface area contributed by atoms with Crippen LogP contribution in [0.3, 0.4) is 0 Å². The molecule has 2 saturated heterocycles. The Morgan fingerprint density at radius 3 is 0.772 bits per heavy atom. The Kier molecular flexibility index (Phi) is 298. The van der Waals surface area contributed by atoms with Crippen LogP contribution in [0.2, 0.25) is 0 Å². The van der Waals surface area contributed by atoms with Gasteiger partial charge in [-0.05, 0) is 43.2 Å². The van der Waals surface area contributed by atoms with E-state index in [1.165, 1.54) is 31.7 Å². The molecular formula is C71H151N15O6. The number of aliphatic imine (C=N–C) groups is 1. The molecule has 0 aliphatic carbocycles. The quantitative estimate of drug-likeness (QED) is 0.0960. The van der Waals surface area contributed by atoms with Gasteiger partial charge in [-0.2, -0.15) is 10.2 Å². The number of urea groups is 1. The predicted octanol–water partition coefficient (Wildman–Crippen LogP) is 20.3. The third-order valence-electron chi connectivity index (χ3n) is 5.34. The lowest BCUT2D eigenvalue weighted by Gasteiger charge is -2.01. The van der Waals surface area contributed by atoms with Crippen LogP contribution in [0.1, 0.15) is 281 Å². The van der Waals surface area contributed by atoms with Crippen molar-refractivity contribution in [1.82, 2.24) is 66.0 Å². The molecule has 92 heavy (non-hydrogen) atoms. The van der Waals surface area contributed by atoms with Gasteiger partial charge in [0, 0.05) is 94.0 Å². The summed E-state index contributed by atoms with van der Waals surface area (Å²) in [6.07, 6.45) is 29.9. The summed E-state index contributed by atoms with van der Waals surface area (Å²) in [5.74, 6) is -0.556. The number of pyridine rings is 1. The number of rotatable bonds is 0. The van der Waals surface area contributed by atoms with E-state index < -0.39 is 6.03 Å². The highest BCUT2D eigenvalue weighted by molar-refractivity contribution is 6.02. The molecule has 0 unspecified atom stereocenters. The Morgan fingerprint density at radius 1 is 0.337 bits per heavy atom. The van der Waals surface area contributed by atoms with E-state index in [0.29, 0.717) is 12.8 Å². The van der Waals surface area contributed by atoms with Gasteiger partial charge in [-0.3, -0.25) is 45.0 Å². The number of nitrogens with zero attached hydrogens (tertiary/aromatic N) is 12. The number of amides is 5. The van der Waals surface area contributed by atoms with Crippen LogP contribution in [-0.4, -0.2) is 113 Å². The zero-order valence-electron chi connectivity index (χ0n) is 66.4. The normalized spacial score (nSPS) is 9.35. The Labute approximate surface area is 570 Å². The highest BCUT2D eigenvalue weighted by atomic mass is 16.6. The number of hydrogen-bond acceptors (Lipinski definition) is 18. The Balaban J connectivity index is -0.0000000395. The molecule has 4 aliphatic rings. The second-order valence-corrected chi connectivity index (χ2v) is 9.73. The molecule has 9 rings (SSSR count). The molecule has 546 valence electrons. The van der Waals surface area contributed by atoms with Gasteiger partial charge in [0.15, 0.2) is 6.40 Å². The van der Waals surface area contributed by atoms with E-state index >= 15 is 0 Å². The summed E-state index contributed by atoms with van der Waals surface area (Å²) in [5, 5.41) is 17.1. The predicted molar refractivity (Wildman–Crippen MR) is 406 cm³/mol. The van der Waals surface area contributed by atoms with Crippen molar-refractivity contribution in [3.63, 3.8) is 0 Å². The topological polar surface area (TPSA) is 276 Å². The molecule has 21 nitrogen and oxygen atoms in total. The molecule has 3 N–H and O–H groups in total. The lowest BCUT2D eigenvalue weighted by atomic mass is 10.3. The maximum Gasteiger partial charge on any atom is 0.321 e. The van der Waals surface area contributed by atoms with E-state index in [2.05, 4.69) is 75.7 Å². The fourth-order valence-electron chi connectivity index (χ4n) is 2.96. The molecule has 4 aliphatic heterocycles. The molecule has 5 aromatic rings. The van der Waals surface area contributed by atoms with Crippen molar-refractivity contribution in [2.75, 3.05) is 26.3 Å². The lowest BCUT2D eigenvalue weighted by molar-refractivity contribution is -0.125. The van der Waals surface area contributed by atoms with Crippen LogP contribution in [0.4, 0.5) is 4.79 Å². The molecule has 2 fully saturated rings. The summed E-state index contributed by atoms with van der Waals surface area (Å²) in [4.78, 5) is 78.0. The number of aromatic nitrogens is 10. The van der Waals surface area contributed by atoms with E-state index in [4.69, 9.17) is 4.74 Å². The molecule has 0 atom stereocenters. The van der Waals surface area contributed by atoms with Gasteiger partial charge in [0.05, 0.1) is 13.2 Å². The standard InChI is InChI=1S/C5H5N.3C4H4N2.C4H5NO2.2C4H7NO.C3H3N3.C3H4N2O2.18C2H6/c1-2-4-6-5-3-1;1-2-6-4-3-5-1;1-2-5-4-6-3-1;1-2-4-6-5-3-1;6-3-1-2-4(7)5-3;1-2-5-4-6-3-1;1-2-4-6-5-3-1;1-4-2-6-3-5-1;6-2-1-4-3(7)5-2;18*1-2/h1-5H;3*1-4H;1-2H2,(H,5,6,7);4H,1-3H2;3H,1-2,4H2;1-3H;1H2,(H2,4,5,6,7);18*1-2H3. The molecular weight excluding hydrogens is 1160 g/mol. The first kappa shape index (κ1) is 133. The first-order valence-electron chi connectivity index (χ1n) is 34.7. The fraction of sp³-hybridized carbons (Fsp3) is 0.634. The number of carbonyl (C=O) groups is 4. The van der Waals surface area contributed by atoms with E-state index in [1.54, 1.807) is 74.2 Å². The minimum absolute atomic E-state index is 0.124. The third-order valence-corrected chi connectivity index (χ3v) is 5.34. The number of hydrogen-bond donors (Lipinski definition) is 3. The number of carbonyl (C=O) groups excluding carboxylic acids is 4. The van der Waals surface area contributed by atoms with Gasteiger partial charge in [-0.15, -0.1) is 0 Å². The summed E-state index contributed by atoms with van der Waals surface area (Å²) in [7, 11) is 0. The second-order valence-electron chi connectivity index (χ2n) is 9.73. The average molecular weight is 1310 g/mol. The van der Waals surface area contributed by atoms with Crippen molar-refractivity contribution < 1.29 is 28.8 Å². The first-order valence-corrected chi connectivity index (χ1v) is 34.7. The third kappa shape index (κ3) is 199. The van der Waals surface area contributed by atoms with E-state index in [1.807, 2.05) is 285 Å². The summed E-state index contributed by atoms with van der Waals surface area (Å²) in [5.41, 5.74) is 0. The van der Waals surface area contributed by atoms with Gasteiger partial charge in [0.1, 0.15) is 31.9 Å². The van der Waals surface area contributed by atoms with Crippen LogP contribution in [-0.2, 0) is 24.0 Å².